The molecule has 1 fully saturated rings. The molecule has 5 heteroatoms. The smallest absolute Gasteiger partial charge is 0.253 e. The first kappa shape index (κ1) is 17.0. The van der Waals surface area contributed by atoms with Gasteiger partial charge in [-0.15, -0.1) is 0 Å². The Labute approximate surface area is 147 Å². The molecule has 2 aromatic carbocycles. The summed E-state index contributed by atoms with van der Waals surface area (Å²) in [5.74, 6) is 0.0146. The number of benzene rings is 2. The van der Waals surface area contributed by atoms with Crippen molar-refractivity contribution in [3.8, 4) is 0 Å². The molecular weight excluding hydrogens is 324 g/mol. The molecule has 24 heavy (non-hydrogen) atoms. The van der Waals surface area contributed by atoms with Crippen LogP contribution < -0.4 is 0 Å². The van der Waals surface area contributed by atoms with Crippen LogP contribution in [0.15, 0.2) is 54.6 Å². The molecule has 1 saturated heterocycles. The molecule has 0 radical (unpaired) electrons. The Morgan fingerprint density at radius 3 is 2.42 bits per heavy atom. The first-order valence-electron chi connectivity index (χ1n) is 8.14. The van der Waals surface area contributed by atoms with Crippen LogP contribution in [0.4, 0.5) is 0 Å². The molecule has 4 nitrogen and oxygen atoms in total. The molecule has 0 spiro atoms. The van der Waals surface area contributed by atoms with Gasteiger partial charge in [-0.05, 0) is 23.8 Å². The van der Waals surface area contributed by atoms with Crippen LogP contribution in [0.25, 0.3) is 0 Å². The average molecular weight is 345 g/mol. The fourth-order valence-electron chi connectivity index (χ4n) is 2.96. The maximum absolute atomic E-state index is 12.5. The number of rotatable bonds is 4. The normalized spacial score (nSPS) is 16.8. The molecule has 1 aliphatic heterocycles. The molecule has 1 N–H and O–H groups in total. The quantitative estimate of drug-likeness (QED) is 0.927. The highest BCUT2D eigenvalue weighted by Crippen LogP contribution is 2.17. The van der Waals surface area contributed by atoms with E-state index in [1.54, 1.807) is 24.3 Å². The van der Waals surface area contributed by atoms with Crippen molar-refractivity contribution in [2.24, 2.45) is 0 Å². The van der Waals surface area contributed by atoms with E-state index in [1.807, 2.05) is 35.2 Å². The molecule has 0 saturated carbocycles. The van der Waals surface area contributed by atoms with E-state index in [-0.39, 0.29) is 5.91 Å². The van der Waals surface area contributed by atoms with Crippen LogP contribution >= 0.6 is 11.6 Å². The summed E-state index contributed by atoms with van der Waals surface area (Å²) in [6.45, 7) is 3.43. The minimum Gasteiger partial charge on any atom is -0.387 e. The summed E-state index contributed by atoms with van der Waals surface area (Å²) in [5, 5.41) is 10.9. The van der Waals surface area contributed by atoms with Gasteiger partial charge in [0.25, 0.3) is 5.91 Å². The monoisotopic (exact) mass is 344 g/mol. The van der Waals surface area contributed by atoms with Crippen LogP contribution in [0, 0.1) is 0 Å². The Balaban J connectivity index is 1.53. The van der Waals surface area contributed by atoms with E-state index in [0.29, 0.717) is 30.2 Å². The maximum atomic E-state index is 12.5. The zero-order chi connectivity index (χ0) is 16.9. The van der Waals surface area contributed by atoms with Crippen LogP contribution in [0.5, 0.6) is 0 Å². The summed E-state index contributed by atoms with van der Waals surface area (Å²) < 4.78 is 0. The van der Waals surface area contributed by atoms with Gasteiger partial charge in [0.15, 0.2) is 0 Å². The zero-order valence-corrected chi connectivity index (χ0v) is 14.2. The summed E-state index contributed by atoms with van der Waals surface area (Å²) in [5.41, 5.74) is 1.55. The number of aliphatic hydroxyl groups is 1. The van der Waals surface area contributed by atoms with Gasteiger partial charge in [0.1, 0.15) is 0 Å². The highest BCUT2D eigenvalue weighted by molar-refractivity contribution is 6.30. The Hall–Kier alpha value is -1.88. The zero-order valence-electron chi connectivity index (χ0n) is 13.4. The molecule has 2 aromatic rings. The van der Waals surface area contributed by atoms with Gasteiger partial charge in [0.05, 0.1) is 6.10 Å². The molecule has 0 bridgehead atoms. The minimum absolute atomic E-state index is 0.0146. The standard InChI is InChI=1S/C19H21ClN2O2/c20-17-8-4-7-16(13-17)19(24)22-11-9-21(10-12-22)14-18(23)15-5-2-1-3-6-15/h1-8,13,18,23H,9-12,14H2. The lowest BCUT2D eigenvalue weighted by molar-refractivity contribution is 0.0527. The SMILES string of the molecule is O=C(c1cccc(Cl)c1)N1CCN(CC(O)c2ccccc2)CC1. The fourth-order valence-corrected chi connectivity index (χ4v) is 3.15. The Morgan fingerprint density at radius 1 is 1.04 bits per heavy atom. The van der Waals surface area contributed by atoms with Crippen LogP contribution in [0.1, 0.15) is 22.0 Å². The largest absolute Gasteiger partial charge is 0.387 e. The van der Waals surface area contributed by atoms with Gasteiger partial charge in [-0.1, -0.05) is 48.0 Å². The molecule has 1 aliphatic rings. The first-order valence-corrected chi connectivity index (χ1v) is 8.51. The lowest BCUT2D eigenvalue weighted by atomic mass is 10.1. The molecule has 0 aliphatic carbocycles. The Bertz CT molecular complexity index is 685. The molecule has 126 valence electrons. The average Bonchev–Trinajstić information content (AvgIpc) is 2.62. The van der Waals surface area contributed by atoms with Gasteiger partial charge in [0.2, 0.25) is 0 Å². The summed E-state index contributed by atoms with van der Waals surface area (Å²) in [4.78, 5) is 16.5. The third-order valence-electron chi connectivity index (χ3n) is 4.35. The third kappa shape index (κ3) is 4.15. The van der Waals surface area contributed by atoms with E-state index in [1.165, 1.54) is 0 Å². The summed E-state index contributed by atoms with van der Waals surface area (Å²) in [7, 11) is 0. The minimum atomic E-state index is -0.499. The summed E-state index contributed by atoms with van der Waals surface area (Å²) >= 11 is 5.96. The molecule has 3 rings (SSSR count). The van der Waals surface area contributed by atoms with Crippen molar-refractivity contribution in [1.82, 2.24) is 9.80 Å². The number of hydrogen-bond acceptors (Lipinski definition) is 3. The first-order chi connectivity index (χ1) is 11.6. The summed E-state index contributed by atoms with van der Waals surface area (Å²) in [6.07, 6.45) is -0.499. The van der Waals surface area contributed by atoms with Crippen molar-refractivity contribution in [2.75, 3.05) is 32.7 Å². The number of halogens is 1. The van der Waals surface area contributed by atoms with Crippen molar-refractivity contribution >= 4 is 17.5 Å². The molecule has 1 unspecified atom stereocenters. The lowest BCUT2D eigenvalue weighted by Gasteiger charge is -2.35. The van der Waals surface area contributed by atoms with Crippen LogP contribution in [-0.2, 0) is 0 Å². The van der Waals surface area contributed by atoms with Gasteiger partial charge in [0, 0.05) is 43.3 Å². The second-order valence-corrected chi connectivity index (χ2v) is 6.47. The van der Waals surface area contributed by atoms with Crippen molar-refractivity contribution in [3.05, 3.63) is 70.7 Å². The second kappa shape index (κ2) is 7.79. The lowest BCUT2D eigenvalue weighted by Crippen LogP contribution is -2.49. The molecule has 1 atom stereocenters. The van der Waals surface area contributed by atoms with E-state index < -0.39 is 6.10 Å². The molecule has 1 heterocycles. The van der Waals surface area contributed by atoms with Gasteiger partial charge in [-0.2, -0.15) is 0 Å². The highest BCUT2D eigenvalue weighted by atomic mass is 35.5. The number of piperazine rings is 1. The second-order valence-electron chi connectivity index (χ2n) is 6.03. The van der Waals surface area contributed by atoms with Gasteiger partial charge in [-0.25, -0.2) is 0 Å². The van der Waals surface area contributed by atoms with E-state index in [2.05, 4.69) is 4.90 Å². The topological polar surface area (TPSA) is 43.8 Å². The predicted molar refractivity (Wildman–Crippen MR) is 95.2 cm³/mol. The Morgan fingerprint density at radius 2 is 1.75 bits per heavy atom. The number of aliphatic hydroxyl groups excluding tert-OH is 1. The van der Waals surface area contributed by atoms with E-state index in [9.17, 15) is 9.90 Å². The van der Waals surface area contributed by atoms with Crippen LogP contribution in [0.2, 0.25) is 5.02 Å². The van der Waals surface area contributed by atoms with Gasteiger partial charge < -0.3 is 10.0 Å². The number of carbonyl (C=O) groups excluding carboxylic acids is 1. The van der Waals surface area contributed by atoms with Crippen molar-refractivity contribution in [1.29, 1.82) is 0 Å². The van der Waals surface area contributed by atoms with Crippen molar-refractivity contribution < 1.29 is 9.90 Å². The van der Waals surface area contributed by atoms with Gasteiger partial charge in [-0.3, -0.25) is 9.69 Å². The van der Waals surface area contributed by atoms with Crippen molar-refractivity contribution in [2.45, 2.75) is 6.10 Å². The molecular formula is C19H21ClN2O2. The fraction of sp³-hybridized carbons (Fsp3) is 0.316. The predicted octanol–water partition coefficient (Wildman–Crippen LogP) is 2.83. The highest BCUT2D eigenvalue weighted by Gasteiger charge is 2.23. The summed E-state index contributed by atoms with van der Waals surface area (Å²) in [6, 6.07) is 16.7. The third-order valence-corrected chi connectivity index (χ3v) is 4.58. The van der Waals surface area contributed by atoms with E-state index in [0.717, 1.165) is 18.7 Å². The molecule has 1 amide bonds. The number of β-amino-alcohol motifs (C(OH)–C–C–N with tert-alkyl or cyclic N) is 1. The number of amides is 1. The van der Waals surface area contributed by atoms with Gasteiger partial charge >= 0.3 is 0 Å². The van der Waals surface area contributed by atoms with Crippen LogP contribution in [0.3, 0.4) is 0 Å². The number of carbonyl (C=O) groups is 1. The number of nitrogens with zero attached hydrogens (tertiary/aromatic N) is 2. The van der Waals surface area contributed by atoms with Crippen molar-refractivity contribution in [3.63, 3.8) is 0 Å². The molecule has 0 aromatic heterocycles. The van der Waals surface area contributed by atoms with E-state index >= 15 is 0 Å². The maximum Gasteiger partial charge on any atom is 0.253 e. The van der Waals surface area contributed by atoms with Crippen LogP contribution in [-0.4, -0.2) is 53.5 Å². The number of hydrogen-bond donors (Lipinski definition) is 1. The van der Waals surface area contributed by atoms with E-state index in [4.69, 9.17) is 11.6 Å². The Kier molecular flexibility index (Phi) is 5.51.